The molecule has 0 radical (unpaired) electrons. The molecule has 82 valence electrons. The fourth-order valence-electron chi connectivity index (χ4n) is 0.996. The molecular formula is C9H13N3O3. The number of aryl methyl sites for hydroxylation is 1. The molecule has 0 aliphatic carbocycles. The molecule has 2 N–H and O–H groups in total. The summed E-state index contributed by atoms with van der Waals surface area (Å²) in [4.78, 5) is 19.1. The highest BCUT2D eigenvalue weighted by atomic mass is 16.5. The number of methoxy groups -OCH3 is 1. The maximum Gasteiger partial charge on any atom is 0.330 e. The minimum absolute atomic E-state index is 0.291. The average molecular weight is 211 g/mol. The van der Waals surface area contributed by atoms with Crippen molar-refractivity contribution in [3.8, 4) is 0 Å². The van der Waals surface area contributed by atoms with E-state index in [0.29, 0.717) is 5.95 Å². The van der Waals surface area contributed by atoms with Gasteiger partial charge in [-0.15, -0.1) is 0 Å². The highest BCUT2D eigenvalue weighted by Gasteiger charge is 2.18. The molecule has 1 aromatic heterocycles. The highest BCUT2D eigenvalue weighted by molar-refractivity contribution is 5.78. The number of rotatable bonds is 4. The number of nitrogens with one attached hydrogen (secondary N) is 1. The Labute approximate surface area is 87.3 Å². The van der Waals surface area contributed by atoms with Crippen LogP contribution in [0.4, 0.5) is 5.95 Å². The number of carbonyl (C=O) groups is 1. The first-order valence-electron chi connectivity index (χ1n) is 4.42. The number of aliphatic hydroxyl groups excluding tert-OH is 1. The molecule has 15 heavy (non-hydrogen) atoms. The summed E-state index contributed by atoms with van der Waals surface area (Å²) in [5.74, 6) is -0.262. The van der Waals surface area contributed by atoms with E-state index in [1.807, 2.05) is 0 Å². The van der Waals surface area contributed by atoms with Crippen molar-refractivity contribution in [2.75, 3.05) is 19.0 Å². The van der Waals surface area contributed by atoms with Crippen LogP contribution in [0, 0.1) is 6.92 Å². The summed E-state index contributed by atoms with van der Waals surface area (Å²) in [6.07, 6.45) is 1.57. The minimum Gasteiger partial charge on any atom is -0.467 e. The lowest BCUT2D eigenvalue weighted by molar-refractivity contribution is -0.142. The molecule has 0 saturated heterocycles. The van der Waals surface area contributed by atoms with Gasteiger partial charge in [0.05, 0.1) is 13.7 Å². The summed E-state index contributed by atoms with van der Waals surface area (Å²) < 4.78 is 4.49. The van der Waals surface area contributed by atoms with Crippen LogP contribution in [0.25, 0.3) is 0 Å². The van der Waals surface area contributed by atoms with Gasteiger partial charge in [-0.2, -0.15) is 0 Å². The molecule has 0 aliphatic rings. The third-order valence-electron chi connectivity index (χ3n) is 1.77. The standard InChI is InChI=1S/C9H13N3O3/c1-6-3-4-10-9(11-6)12-7(5-13)8(14)15-2/h3-4,7,13H,5H2,1-2H3,(H,10,11,12). The van der Waals surface area contributed by atoms with Crippen molar-refractivity contribution in [3.63, 3.8) is 0 Å². The predicted octanol–water partition coefficient (Wildman–Crippen LogP) is -0.269. The Morgan fingerprint density at radius 1 is 1.73 bits per heavy atom. The molecule has 6 heteroatoms. The monoisotopic (exact) mass is 211 g/mol. The quantitative estimate of drug-likeness (QED) is 0.667. The lowest BCUT2D eigenvalue weighted by atomic mass is 10.3. The Morgan fingerprint density at radius 3 is 3.00 bits per heavy atom. The normalized spacial score (nSPS) is 11.9. The number of nitrogens with zero attached hydrogens (tertiary/aromatic N) is 2. The summed E-state index contributed by atoms with van der Waals surface area (Å²) in [6.45, 7) is 1.43. The second-order valence-corrected chi connectivity index (χ2v) is 2.92. The SMILES string of the molecule is COC(=O)C(CO)Nc1nccc(C)n1. The summed E-state index contributed by atoms with van der Waals surface area (Å²) in [7, 11) is 1.25. The van der Waals surface area contributed by atoms with Crippen LogP contribution in [0.3, 0.4) is 0 Å². The molecule has 0 bridgehead atoms. The van der Waals surface area contributed by atoms with Crippen molar-refractivity contribution in [2.24, 2.45) is 0 Å². The van der Waals surface area contributed by atoms with Crippen LogP contribution in [0.2, 0.25) is 0 Å². The Hall–Kier alpha value is -1.69. The van der Waals surface area contributed by atoms with Crippen LogP contribution in [0.15, 0.2) is 12.3 Å². The van der Waals surface area contributed by atoms with Gasteiger partial charge in [-0.05, 0) is 13.0 Å². The largest absolute Gasteiger partial charge is 0.467 e. The Kier molecular flexibility index (Phi) is 3.99. The number of anilines is 1. The number of aromatic nitrogens is 2. The minimum atomic E-state index is -0.836. The molecule has 0 aliphatic heterocycles. The van der Waals surface area contributed by atoms with E-state index in [9.17, 15) is 4.79 Å². The van der Waals surface area contributed by atoms with Gasteiger partial charge in [-0.25, -0.2) is 14.8 Å². The van der Waals surface area contributed by atoms with Crippen LogP contribution in [-0.2, 0) is 9.53 Å². The molecule has 0 saturated carbocycles. The van der Waals surface area contributed by atoms with Gasteiger partial charge in [-0.3, -0.25) is 0 Å². The van der Waals surface area contributed by atoms with Gasteiger partial charge in [0.15, 0.2) is 6.04 Å². The number of esters is 1. The zero-order valence-electron chi connectivity index (χ0n) is 8.60. The maximum atomic E-state index is 11.1. The fraction of sp³-hybridized carbons (Fsp3) is 0.444. The Balaban J connectivity index is 2.70. The van der Waals surface area contributed by atoms with E-state index in [1.54, 1.807) is 19.2 Å². The van der Waals surface area contributed by atoms with Crippen molar-refractivity contribution in [1.29, 1.82) is 0 Å². The molecule has 0 amide bonds. The number of ether oxygens (including phenoxy) is 1. The molecule has 1 unspecified atom stereocenters. The van der Waals surface area contributed by atoms with E-state index >= 15 is 0 Å². The van der Waals surface area contributed by atoms with Gasteiger partial charge < -0.3 is 15.2 Å². The van der Waals surface area contributed by atoms with Crippen molar-refractivity contribution in [2.45, 2.75) is 13.0 Å². The van der Waals surface area contributed by atoms with Crippen molar-refractivity contribution in [3.05, 3.63) is 18.0 Å². The Morgan fingerprint density at radius 2 is 2.47 bits per heavy atom. The van der Waals surface area contributed by atoms with Crippen LogP contribution >= 0.6 is 0 Å². The van der Waals surface area contributed by atoms with Gasteiger partial charge >= 0.3 is 5.97 Å². The third-order valence-corrected chi connectivity index (χ3v) is 1.77. The molecule has 0 aromatic carbocycles. The summed E-state index contributed by atoms with van der Waals surface area (Å²) >= 11 is 0. The lowest BCUT2D eigenvalue weighted by Gasteiger charge is -2.13. The van der Waals surface area contributed by atoms with E-state index in [0.717, 1.165) is 5.69 Å². The van der Waals surface area contributed by atoms with Crippen molar-refractivity contribution in [1.82, 2.24) is 9.97 Å². The number of hydrogen-bond donors (Lipinski definition) is 2. The van der Waals surface area contributed by atoms with Gasteiger partial charge in [-0.1, -0.05) is 0 Å². The second kappa shape index (κ2) is 5.26. The highest BCUT2D eigenvalue weighted by Crippen LogP contribution is 2.02. The van der Waals surface area contributed by atoms with Crippen LogP contribution in [-0.4, -0.2) is 40.8 Å². The van der Waals surface area contributed by atoms with Gasteiger partial charge in [0, 0.05) is 11.9 Å². The van der Waals surface area contributed by atoms with Crippen LogP contribution in [0.5, 0.6) is 0 Å². The second-order valence-electron chi connectivity index (χ2n) is 2.92. The predicted molar refractivity (Wildman–Crippen MR) is 53.3 cm³/mol. The smallest absolute Gasteiger partial charge is 0.330 e. The zero-order valence-corrected chi connectivity index (χ0v) is 8.60. The fourth-order valence-corrected chi connectivity index (χ4v) is 0.996. The van der Waals surface area contributed by atoms with Crippen molar-refractivity contribution >= 4 is 11.9 Å². The number of carbonyl (C=O) groups excluding carboxylic acids is 1. The number of aliphatic hydroxyl groups is 1. The molecule has 0 spiro atoms. The average Bonchev–Trinajstić information content (AvgIpc) is 2.25. The third kappa shape index (κ3) is 3.17. The van der Waals surface area contributed by atoms with E-state index in [-0.39, 0.29) is 6.61 Å². The van der Waals surface area contributed by atoms with E-state index < -0.39 is 12.0 Å². The van der Waals surface area contributed by atoms with E-state index in [2.05, 4.69) is 20.0 Å². The van der Waals surface area contributed by atoms with Crippen molar-refractivity contribution < 1.29 is 14.6 Å². The van der Waals surface area contributed by atoms with Gasteiger partial charge in [0.2, 0.25) is 5.95 Å². The lowest BCUT2D eigenvalue weighted by Crippen LogP contribution is -2.34. The molecule has 0 fully saturated rings. The molecule has 1 atom stereocenters. The summed E-state index contributed by atoms with van der Waals surface area (Å²) in [5, 5.41) is 11.6. The van der Waals surface area contributed by atoms with Crippen LogP contribution < -0.4 is 5.32 Å². The summed E-state index contributed by atoms with van der Waals surface area (Å²) in [6, 6.07) is 0.897. The molecular weight excluding hydrogens is 198 g/mol. The molecule has 1 rings (SSSR count). The molecule has 1 heterocycles. The molecule has 1 aromatic rings. The topological polar surface area (TPSA) is 84.3 Å². The van der Waals surface area contributed by atoms with Gasteiger partial charge in [0.1, 0.15) is 0 Å². The Bertz CT molecular complexity index is 343. The number of hydrogen-bond acceptors (Lipinski definition) is 6. The maximum absolute atomic E-state index is 11.1. The van der Waals surface area contributed by atoms with Gasteiger partial charge in [0.25, 0.3) is 0 Å². The summed E-state index contributed by atoms with van der Waals surface area (Å²) in [5.41, 5.74) is 0.772. The van der Waals surface area contributed by atoms with Crippen LogP contribution in [0.1, 0.15) is 5.69 Å². The first kappa shape index (κ1) is 11.4. The molecule has 6 nitrogen and oxygen atoms in total. The zero-order chi connectivity index (χ0) is 11.3. The van der Waals surface area contributed by atoms with E-state index in [1.165, 1.54) is 7.11 Å². The first-order valence-corrected chi connectivity index (χ1v) is 4.42. The van der Waals surface area contributed by atoms with E-state index in [4.69, 9.17) is 5.11 Å². The first-order chi connectivity index (χ1) is 7.17.